The molecule has 0 aromatic rings. The van der Waals surface area contributed by atoms with E-state index in [9.17, 15) is 4.79 Å². The topological polar surface area (TPSA) is 58.8 Å². The second-order valence-corrected chi connectivity index (χ2v) is 6.29. The maximum atomic E-state index is 12.6. The predicted octanol–water partition coefficient (Wildman–Crippen LogP) is 0.683. The molecule has 5 nitrogen and oxygen atoms in total. The zero-order valence-corrected chi connectivity index (χ0v) is 12.9. The van der Waals surface area contributed by atoms with E-state index in [0.717, 1.165) is 58.5 Å². The van der Waals surface area contributed by atoms with E-state index >= 15 is 0 Å². The van der Waals surface area contributed by atoms with Gasteiger partial charge in [-0.1, -0.05) is 6.42 Å². The molecular weight excluding hydrogens is 254 g/mol. The van der Waals surface area contributed by atoms with Crippen molar-refractivity contribution < 1.29 is 9.53 Å². The molecule has 1 aliphatic carbocycles. The second kappa shape index (κ2) is 7.38. The van der Waals surface area contributed by atoms with Crippen LogP contribution >= 0.6 is 0 Å². The van der Waals surface area contributed by atoms with Crippen molar-refractivity contribution in [2.24, 2.45) is 11.7 Å². The van der Waals surface area contributed by atoms with E-state index in [-0.39, 0.29) is 12.0 Å². The molecule has 1 heterocycles. The second-order valence-electron chi connectivity index (χ2n) is 6.29. The lowest BCUT2D eigenvalue weighted by molar-refractivity contribution is -0.139. The van der Waals surface area contributed by atoms with E-state index in [2.05, 4.69) is 16.7 Å². The molecule has 1 amide bonds. The number of ether oxygens (including phenoxy) is 1. The van der Waals surface area contributed by atoms with Crippen LogP contribution in [0, 0.1) is 5.92 Å². The zero-order valence-electron chi connectivity index (χ0n) is 12.9. The van der Waals surface area contributed by atoms with Crippen molar-refractivity contribution in [3.63, 3.8) is 0 Å². The van der Waals surface area contributed by atoms with E-state index in [1.807, 2.05) is 0 Å². The highest BCUT2D eigenvalue weighted by molar-refractivity contribution is 5.79. The van der Waals surface area contributed by atoms with E-state index in [4.69, 9.17) is 10.5 Å². The molecule has 2 aliphatic rings. The Kier molecular flexibility index (Phi) is 5.81. The Labute approximate surface area is 122 Å². The molecular formula is C15H29N3O2. The van der Waals surface area contributed by atoms with Crippen LogP contribution in [0.3, 0.4) is 0 Å². The molecule has 2 rings (SSSR count). The lowest BCUT2D eigenvalue weighted by Gasteiger charge is -2.41. The molecule has 1 saturated heterocycles. The van der Waals surface area contributed by atoms with Gasteiger partial charge in [-0.25, -0.2) is 0 Å². The summed E-state index contributed by atoms with van der Waals surface area (Å²) < 4.78 is 5.14. The highest BCUT2D eigenvalue weighted by Crippen LogP contribution is 2.25. The molecule has 1 saturated carbocycles. The molecule has 0 bridgehead atoms. The summed E-state index contributed by atoms with van der Waals surface area (Å²) in [5.74, 6) is 0.495. The Morgan fingerprint density at radius 2 is 2.15 bits per heavy atom. The first kappa shape index (κ1) is 15.7. The molecule has 116 valence electrons. The van der Waals surface area contributed by atoms with Gasteiger partial charge in [-0.3, -0.25) is 9.69 Å². The molecule has 2 N–H and O–H groups in total. The molecule has 0 aromatic carbocycles. The highest BCUT2D eigenvalue weighted by Gasteiger charge is 2.32. The Hall–Kier alpha value is -0.650. The van der Waals surface area contributed by atoms with E-state index in [1.54, 1.807) is 7.11 Å². The maximum Gasteiger partial charge on any atom is 0.225 e. The monoisotopic (exact) mass is 283 g/mol. The summed E-state index contributed by atoms with van der Waals surface area (Å²) >= 11 is 0. The molecule has 0 radical (unpaired) electrons. The number of hydrogen-bond donors (Lipinski definition) is 1. The van der Waals surface area contributed by atoms with Gasteiger partial charge in [0.05, 0.1) is 6.61 Å². The van der Waals surface area contributed by atoms with Crippen LogP contribution in [0.5, 0.6) is 0 Å². The Balaban J connectivity index is 1.83. The summed E-state index contributed by atoms with van der Waals surface area (Å²) in [6, 6.07) is 0.637. The number of piperazine rings is 1. The van der Waals surface area contributed by atoms with Crippen molar-refractivity contribution in [3.05, 3.63) is 0 Å². The highest BCUT2D eigenvalue weighted by atomic mass is 16.5. The zero-order chi connectivity index (χ0) is 14.5. The Morgan fingerprint density at radius 3 is 2.80 bits per heavy atom. The van der Waals surface area contributed by atoms with Crippen molar-refractivity contribution in [1.29, 1.82) is 0 Å². The van der Waals surface area contributed by atoms with Gasteiger partial charge >= 0.3 is 0 Å². The number of nitrogens with two attached hydrogens (primary N) is 1. The number of carbonyl (C=O) groups excluding carboxylic acids is 1. The minimum absolute atomic E-state index is 0.163. The van der Waals surface area contributed by atoms with Crippen LogP contribution in [0.2, 0.25) is 0 Å². The summed E-state index contributed by atoms with van der Waals surface area (Å²) in [5.41, 5.74) is 6.00. The first-order valence-electron chi connectivity index (χ1n) is 7.89. The lowest BCUT2D eigenvalue weighted by atomic mass is 9.85. The number of hydrogen-bond acceptors (Lipinski definition) is 4. The molecule has 0 spiro atoms. The minimum atomic E-state index is 0.163. The SMILES string of the molecule is COCCN1CCN(C(=O)C2CCCC(N)C2)CC1C. The van der Waals surface area contributed by atoms with Crippen LogP contribution in [0.25, 0.3) is 0 Å². The maximum absolute atomic E-state index is 12.6. The summed E-state index contributed by atoms with van der Waals surface area (Å²) in [7, 11) is 1.73. The van der Waals surface area contributed by atoms with Crippen LogP contribution in [0.4, 0.5) is 0 Å². The standard InChI is InChI=1S/C15H29N3O2/c1-12-11-18(7-6-17(12)8-9-20-2)15(19)13-4-3-5-14(16)10-13/h12-14H,3-11,16H2,1-2H3. The third kappa shape index (κ3) is 3.93. The number of carbonyl (C=O) groups is 1. The van der Waals surface area contributed by atoms with Gasteiger partial charge in [0, 0.05) is 51.3 Å². The molecule has 3 unspecified atom stereocenters. The van der Waals surface area contributed by atoms with Gasteiger partial charge < -0.3 is 15.4 Å². The van der Waals surface area contributed by atoms with Gasteiger partial charge in [0.15, 0.2) is 0 Å². The lowest BCUT2D eigenvalue weighted by Crippen LogP contribution is -2.55. The average Bonchev–Trinajstić information content (AvgIpc) is 2.45. The van der Waals surface area contributed by atoms with Crippen LogP contribution in [0.15, 0.2) is 0 Å². The molecule has 5 heteroatoms. The van der Waals surface area contributed by atoms with Crippen molar-refractivity contribution in [1.82, 2.24) is 9.80 Å². The molecule has 2 fully saturated rings. The Morgan fingerprint density at radius 1 is 1.35 bits per heavy atom. The molecule has 1 aliphatic heterocycles. The van der Waals surface area contributed by atoms with Crippen molar-refractivity contribution in [3.8, 4) is 0 Å². The summed E-state index contributed by atoms with van der Waals surface area (Å²) in [6.07, 6.45) is 4.06. The van der Waals surface area contributed by atoms with E-state index in [0.29, 0.717) is 11.9 Å². The van der Waals surface area contributed by atoms with Crippen LogP contribution in [-0.2, 0) is 9.53 Å². The van der Waals surface area contributed by atoms with Crippen LogP contribution in [0.1, 0.15) is 32.6 Å². The Bertz CT molecular complexity index is 324. The third-order valence-corrected chi connectivity index (χ3v) is 4.72. The molecule has 3 atom stereocenters. The van der Waals surface area contributed by atoms with Gasteiger partial charge in [-0.05, 0) is 26.2 Å². The number of methoxy groups -OCH3 is 1. The average molecular weight is 283 g/mol. The summed E-state index contributed by atoms with van der Waals surface area (Å²) in [4.78, 5) is 17.0. The quantitative estimate of drug-likeness (QED) is 0.824. The predicted molar refractivity (Wildman–Crippen MR) is 79.4 cm³/mol. The number of amides is 1. The van der Waals surface area contributed by atoms with Gasteiger partial charge in [0.1, 0.15) is 0 Å². The summed E-state index contributed by atoms with van der Waals surface area (Å²) in [6.45, 7) is 6.55. The fourth-order valence-electron chi connectivity index (χ4n) is 3.45. The fraction of sp³-hybridized carbons (Fsp3) is 0.933. The van der Waals surface area contributed by atoms with Gasteiger partial charge in [-0.2, -0.15) is 0 Å². The first-order chi connectivity index (χ1) is 9.61. The van der Waals surface area contributed by atoms with Crippen LogP contribution < -0.4 is 5.73 Å². The minimum Gasteiger partial charge on any atom is -0.383 e. The number of nitrogens with zero attached hydrogens (tertiary/aromatic N) is 2. The van der Waals surface area contributed by atoms with Gasteiger partial charge in [0.2, 0.25) is 5.91 Å². The van der Waals surface area contributed by atoms with E-state index in [1.165, 1.54) is 0 Å². The van der Waals surface area contributed by atoms with Crippen LogP contribution in [-0.4, -0.2) is 67.7 Å². The molecule has 20 heavy (non-hydrogen) atoms. The normalized spacial score (nSPS) is 32.4. The molecule has 0 aromatic heterocycles. The first-order valence-corrected chi connectivity index (χ1v) is 7.89. The van der Waals surface area contributed by atoms with E-state index < -0.39 is 0 Å². The van der Waals surface area contributed by atoms with Gasteiger partial charge in [-0.15, -0.1) is 0 Å². The fourth-order valence-corrected chi connectivity index (χ4v) is 3.45. The smallest absolute Gasteiger partial charge is 0.225 e. The van der Waals surface area contributed by atoms with Gasteiger partial charge in [0.25, 0.3) is 0 Å². The third-order valence-electron chi connectivity index (χ3n) is 4.72. The van der Waals surface area contributed by atoms with Crippen molar-refractivity contribution >= 4 is 5.91 Å². The number of rotatable bonds is 4. The largest absolute Gasteiger partial charge is 0.383 e. The van der Waals surface area contributed by atoms with Crippen molar-refractivity contribution in [2.75, 3.05) is 39.9 Å². The summed E-state index contributed by atoms with van der Waals surface area (Å²) in [5, 5.41) is 0. The van der Waals surface area contributed by atoms with Crippen molar-refractivity contribution in [2.45, 2.75) is 44.7 Å².